The van der Waals surface area contributed by atoms with Gasteiger partial charge >= 0.3 is 5.97 Å². The van der Waals surface area contributed by atoms with E-state index in [1.54, 1.807) is 30.8 Å². The van der Waals surface area contributed by atoms with Crippen molar-refractivity contribution in [3.05, 3.63) is 64.2 Å². The standard InChI is InChI=1S/C35H43Cl3N6O5S/c1-6-24-12-11-23-10-9-22(16-27(23)40-24)13-14-34(4,5)33(48)42-29(21(2)3)30(45)41-28(17-25-18-50-20-39-25)31(46)44-15-7-8-26(43-44)32(47)49-19-35(36,37)38/h9-14,16,18,20-21,26,28-29,43H,6-8,15,17,19H2,1-5H3,(H,41,45)(H,42,48)/b14-13+/t26-,28-,29-/m0/s1. The first-order valence-corrected chi connectivity index (χ1v) is 18.5. The largest absolute Gasteiger partial charge is 0.460 e. The van der Waals surface area contributed by atoms with Crippen LogP contribution in [-0.4, -0.2) is 73.7 Å². The summed E-state index contributed by atoms with van der Waals surface area (Å²) in [4.78, 5) is 62.9. The molecule has 1 aliphatic rings. The van der Waals surface area contributed by atoms with E-state index in [9.17, 15) is 19.2 Å². The molecule has 0 radical (unpaired) electrons. The number of fused-ring (bicyclic) bond motifs is 1. The number of nitrogens with zero attached hydrogens (tertiary/aromatic N) is 3. The predicted octanol–water partition coefficient (Wildman–Crippen LogP) is 5.57. The van der Waals surface area contributed by atoms with Crippen LogP contribution in [0.1, 0.15) is 64.4 Å². The minimum Gasteiger partial charge on any atom is -0.460 e. The summed E-state index contributed by atoms with van der Waals surface area (Å²) in [6.45, 7) is 9.08. The Morgan fingerprint density at radius 2 is 1.86 bits per heavy atom. The lowest BCUT2D eigenvalue weighted by atomic mass is 9.89. The molecule has 1 saturated heterocycles. The minimum atomic E-state index is -1.77. The highest BCUT2D eigenvalue weighted by Crippen LogP contribution is 2.27. The Hall–Kier alpha value is -3.29. The molecule has 50 heavy (non-hydrogen) atoms. The first-order chi connectivity index (χ1) is 23.6. The molecule has 0 spiro atoms. The fourth-order valence-electron chi connectivity index (χ4n) is 5.29. The molecule has 1 fully saturated rings. The topological polar surface area (TPSA) is 143 Å². The molecule has 0 aliphatic carbocycles. The minimum absolute atomic E-state index is 0.0992. The van der Waals surface area contributed by atoms with Gasteiger partial charge in [0, 0.05) is 29.4 Å². The van der Waals surface area contributed by atoms with Crippen LogP contribution in [0.3, 0.4) is 0 Å². The molecule has 11 nitrogen and oxygen atoms in total. The van der Waals surface area contributed by atoms with Gasteiger partial charge in [-0.1, -0.05) is 85.9 Å². The average Bonchev–Trinajstić information content (AvgIpc) is 3.60. The van der Waals surface area contributed by atoms with Crippen molar-refractivity contribution in [3.8, 4) is 0 Å². The first kappa shape index (κ1) is 39.5. The summed E-state index contributed by atoms with van der Waals surface area (Å²) in [5.41, 5.74) is 6.94. The van der Waals surface area contributed by atoms with Gasteiger partial charge in [0.2, 0.25) is 15.6 Å². The van der Waals surface area contributed by atoms with Gasteiger partial charge in [-0.3, -0.25) is 29.2 Å². The number of amides is 3. The van der Waals surface area contributed by atoms with E-state index in [0.717, 1.165) is 28.6 Å². The van der Waals surface area contributed by atoms with E-state index in [1.165, 1.54) is 16.3 Å². The van der Waals surface area contributed by atoms with E-state index in [1.807, 2.05) is 50.3 Å². The third-order valence-corrected chi connectivity index (χ3v) is 9.24. The lowest BCUT2D eigenvalue weighted by Crippen LogP contribution is -2.62. The molecule has 1 aliphatic heterocycles. The SMILES string of the molecule is CCc1ccc2ccc(/C=C/C(C)(C)C(=O)N[C@H](C(=O)N[C@@H](Cc3cscn3)C(=O)N3CCC[C@@H](C(=O)OCC(Cl)(Cl)Cl)N3)C(C)C)cc2n1. The van der Waals surface area contributed by atoms with Crippen LogP contribution >= 0.6 is 46.1 Å². The Morgan fingerprint density at radius 3 is 2.52 bits per heavy atom. The summed E-state index contributed by atoms with van der Waals surface area (Å²) in [5, 5.41) is 9.87. The molecule has 3 N–H and O–H groups in total. The molecule has 2 aromatic heterocycles. The highest BCUT2D eigenvalue weighted by molar-refractivity contribution is 7.07. The zero-order chi connectivity index (χ0) is 36.6. The molecule has 270 valence electrons. The van der Waals surface area contributed by atoms with Crippen LogP contribution in [-0.2, 0) is 36.8 Å². The van der Waals surface area contributed by atoms with Crippen LogP contribution in [0.4, 0.5) is 0 Å². The van der Waals surface area contributed by atoms with Gasteiger partial charge in [-0.25, -0.2) is 10.4 Å². The fraction of sp³-hybridized carbons (Fsp3) is 0.486. The van der Waals surface area contributed by atoms with E-state index in [4.69, 9.17) is 44.5 Å². The Labute approximate surface area is 311 Å². The normalized spacial score (nSPS) is 16.7. The Morgan fingerprint density at radius 1 is 1.12 bits per heavy atom. The first-order valence-electron chi connectivity index (χ1n) is 16.4. The average molecular weight is 766 g/mol. The van der Waals surface area contributed by atoms with Gasteiger partial charge in [0.25, 0.3) is 5.91 Å². The van der Waals surface area contributed by atoms with Crippen molar-refractivity contribution < 1.29 is 23.9 Å². The van der Waals surface area contributed by atoms with Crippen molar-refractivity contribution in [1.29, 1.82) is 0 Å². The lowest BCUT2D eigenvalue weighted by Gasteiger charge is -2.35. The predicted molar refractivity (Wildman–Crippen MR) is 198 cm³/mol. The van der Waals surface area contributed by atoms with Crippen molar-refractivity contribution in [2.45, 2.75) is 82.2 Å². The molecular weight excluding hydrogens is 723 g/mol. The quantitative estimate of drug-likeness (QED) is 0.152. The van der Waals surface area contributed by atoms with Crippen LogP contribution in [0.15, 0.2) is 47.3 Å². The van der Waals surface area contributed by atoms with E-state index in [-0.39, 0.29) is 24.8 Å². The molecule has 0 saturated carbocycles. The second-order valence-corrected chi connectivity index (χ2v) is 16.4. The van der Waals surface area contributed by atoms with Gasteiger partial charge < -0.3 is 15.4 Å². The summed E-state index contributed by atoms with van der Waals surface area (Å²) in [6, 6.07) is 7.16. The highest BCUT2D eigenvalue weighted by atomic mass is 35.6. The van der Waals surface area contributed by atoms with Crippen LogP contribution < -0.4 is 16.1 Å². The molecule has 3 atom stereocenters. The molecule has 0 bridgehead atoms. The number of alkyl halides is 3. The fourth-order valence-corrected chi connectivity index (χ4v) is 6.02. The number of esters is 1. The van der Waals surface area contributed by atoms with Gasteiger partial charge in [-0.05, 0) is 56.7 Å². The Balaban J connectivity index is 1.46. The number of aryl methyl sites for hydroxylation is 1. The maximum absolute atomic E-state index is 13.9. The third kappa shape index (κ3) is 11.1. The number of carbonyl (C=O) groups excluding carboxylic acids is 4. The summed E-state index contributed by atoms with van der Waals surface area (Å²) in [7, 11) is 0. The Bertz CT molecular complexity index is 1700. The third-order valence-electron chi connectivity index (χ3n) is 8.28. The Kier molecular flexibility index (Phi) is 13.7. The van der Waals surface area contributed by atoms with Gasteiger partial charge in [0.05, 0.1) is 22.1 Å². The van der Waals surface area contributed by atoms with E-state index >= 15 is 0 Å². The smallest absolute Gasteiger partial charge is 0.325 e. The number of benzene rings is 1. The van der Waals surface area contributed by atoms with Crippen molar-refractivity contribution in [3.63, 3.8) is 0 Å². The summed E-state index contributed by atoms with van der Waals surface area (Å²) in [5.74, 6) is -2.33. The molecular formula is C35H43Cl3N6O5S. The van der Waals surface area contributed by atoms with Crippen molar-refractivity contribution in [1.82, 2.24) is 31.0 Å². The molecule has 15 heteroatoms. The van der Waals surface area contributed by atoms with E-state index in [0.29, 0.717) is 18.5 Å². The van der Waals surface area contributed by atoms with E-state index in [2.05, 4.69) is 28.0 Å². The van der Waals surface area contributed by atoms with Crippen LogP contribution in [0.2, 0.25) is 0 Å². The number of hydrazine groups is 1. The second-order valence-electron chi connectivity index (χ2n) is 13.1. The summed E-state index contributed by atoms with van der Waals surface area (Å²) >= 11 is 18.5. The van der Waals surface area contributed by atoms with Crippen molar-refractivity contribution in [2.75, 3.05) is 13.2 Å². The zero-order valence-corrected chi connectivity index (χ0v) is 31.8. The maximum atomic E-state index is 13.9. The number of pyridine rings is 1. The number of rotatable bonds is 13. The molecule has 0 unspecified atom stereocenters. The number of hydrogen-bond acceptors (Lipinski definition) is 9. The number of aromatic nitrogens is 2. The van der Waals surface area contributed by atoms with Crippen LogP contribution in [0.25, 0.3) is 17.0 Å². The molecule has 1 aromatic carbocycles. The molecule has 4 rings (SSSR count). The number of carbonyl (C=O) groups is 4. The second kappa shape index (κ2) is 17.3. The van der Waals surface area contributed by atoms with Crippen LogP contribution in [0.5, 0.6) is 0 Å². The van der Waals surface area contributed by atoms with E-state index < -0.39 is 51.7 Å². The van der Waals surface area contributed by atoms with Gasteiger partial charge in [0.1, 0.15) is 24.7 Å². The lowest BCUT2D eigenvalue weighted by molar-refractivity contribution is -0.153. The van der Waals surface area contributed by atoms with Gasteiger partial charge in [-0.15, -0.1) is 11.3 Å². The van der Waals surface area contributed by atoms with Crippen molar-refractivity contribution in [2.24, 2.45) is 11.3 Å². The number of hydrogen-bond donors (Lipinski definition) is 3. The maximum Gasteiger partial charge on any atom is 0.325 e. The molecule has 3 heterocycles. The molecule has 3 amide bonds. The highest BCUT2D eigenvalue weighted by Gasteiger charge is 2.37. The van der Waals surface area contributed by atoms with Gasteiger partial charge in [-0.2, -0.15) is 0 Å². The van der Waals surface area contributed by atoms with Crippen LogP contribution in [0, 0.1) is 11.3 Å². The van der Waals surface area contributed by atoms with Crippen molar-refractivity contribution >= 4 is 86.8 Å². The summed E-state index contributed by atoms with van der Waals surface area (Å²) in [6.07, 6.45) is 5.50. The zero-order valence-electron chi connectivity index (χ0n) is 28.7. The molecule has 3 aromatic rings. The summed E-state index contributed by atoms with van der Waals surface area (Å²) < 4.78 is 3.34. The number of halogens is 3. The monoisotopic (exact) mass is 764 g/mol. The number of ether oxygens (including phenoxy) is 1. The number of thiazole rings is 1. The number of nitrogens with one attached hydrogen (secondary N) is 3. The van der Waals surface area contributed by atoms with Gasteiger partial charge in [0.15, 0.2) is 0 Å².